The maximum absolute atomic E-state index is 13.5. The first-order valence-corrected chi connectivity index (χ1v) is 8.27. The van der Waals surface area contributed by atoms with Gasteiger partial charge < -0.3 is 10.6 Å². The van der Waals surface area contributed by atoms with E-state index in [4.69, 9.17) is 11.6 Å². The van der Waals surface area contributed by atoms with Crippen LogP contribution >= 0.6 is 11.6 Å². The lowest BCUT2D eigenvalue weighted by atomic mass is 10.2. The highest BCUT2D eigenvalue weighted by molar-refractivity contribution is 6.30. The van der Waals surface area contributed by atoms with E-state index in [0.717, 1.165) is 11.6 Å². The lowest BCUT2D eigenvalue weighted by Crippen LogP contribution is -2.38. The first-order valence-electron chi connectivity index (χ1n) is 7.89. The third kappa shape index (κ3) is 6.26. The lowest BCUT2D eigenvalue weighted by Gasteiger charge is -2.16. The summed E-state index contributed by atoms with van der Waals surface area (Å²) < 4.78 is 39.6. The van der Waals surface area contributed by atoms with E-state index >= 15 is 0 Å². The minimum atomic E-state index is -1.67. The first kappa shape index (κ1) is 20.7. The van der Waals surface area contributed by atoms with Crippen molar-refractivity contribution in [3.8, 4) is 0 Å². The number of halogens is 4. The van der Waals surface area contributed by atoms with E-state index in [0.29, 0.717) is 11.1 Å². The number of carbonyl (C=O) groups is 2. The summed E-state index contributed by atoms with van der Waals surface area (Å²) >= 11 is 5.86. The second-order valence-electron chi connectivity index (χ2n) is 5.85. The van der Waals surface area contributed by atoms with Gasteiger partial charge in [-0.05, 0) is 36.9 Å². The van der Waals surface area contributed by atoms with Gasteiger partial charge >= 0.3 is 0 Å². The first-order chi connectivity index (χ1) is 12.8. The minimum absolute atomic E-state index is 0.0890. The molecule has 144 valence electrons. The maximum Gasteiger partial charge on any atom is 0.238 e. The molecule has 2 aromatic carbocycles. The summed E-state index contributed by atoms with van der Waals surface area (Å²) in [6.45, 7) is -0.0588. The molecule has 2 N–H and O–H groups in total. The topological polar surface area (TPSA) is 61.4 Å². The van der Waals surface area contributed by atoms with Gasteiger partial charge in [0.2, 0.25) is 11.8 Å². The number of nitrogens with one attached hydrogen (secondary N) is 2. The molecule has 0 aliphatic rings. The summed E-state index contributed by atoms with van der Waals surface area (Å²) in [5, 5.41) is 5.37. The molecule has 0 saturated carbocycles. The molecule has 0 unspecified atom stereocenters. The quantitative estimate of drug-likeness (QED) is 0.704. The predicted octanol–water partition coefficient (Wildman–Crippen LogP) is 2.94. The molecule has 0 aliphatic heterocycles. The van der Waals surface area contributed by atoms with E-state index in [9.17, 15) is 22.8 Å². The number of carbonyl (C=O) groups excluding carboxylic acids is 2. The molecular formula is C18H17ClF3N3O2. The van der Waals surface area contributed by atoms with Gasteiger partial charge in [0.05, 0.1) is 18.8 Å². The molecule has 0 bridgehead atoms. The molecule has 0 heterocycles. The largest absolute Gasteiger partial charge is 0.351 e. The molecule has 0 spiro atoms. The van der Waals surface area contributed by atoms with Crippen LogP contribution in [0.2, 0.25) is 5.02 Å². The molecule has 0 fully saturated rings. The smallest absolute Gasteiger partial charge is 0.238 e. The highest BCUT2D eigenvalue weighted by Crippen LogP contribution is 2.19. The van der Waals surface area contributed by atoms with Crippen molar-refractivity contribution in [2.24, 2.45) is 0 Å². The van der Waals surface area contributed by atoms with E-state index in [1.807, 2.05) is 0 Å². The molecule has 0 saturated heterocycles. The summed E-state index contributed by atoms with van der Waals surface area (Å²) in [5.41, 5.74) is 0.350. The predicted molar refractivity (Wildman–Crippen MR) is 95.7 cm³/mol. The third-order valence-corrected chi connectivity index (χ3v) is 3.75. The Morgan fingerprint density at radius 3 is 2.44 bits per heavy atom. The van der Waals surface area contributed by atoms with Crippen molar-refractivity contribution in [2.45, 2.75) is 6.54 Å². The molecule has 0 aromatic heterocycles. The highest BCUT2D eigenvalue weighted by atomic mass is 35.5. The second kappa shape index (κ2) is 9.38. The Morgan fingerprint density at radius 1 is 1.04 bits per heavy atom. The van der Waals surface area contributed by atoms with Crippen LogP contribution in [0.15, 0.2) is 36.4 Å². The fourth-order valence-corrected chi connectivity index (χ4v) is 2.47. The van der Waals surface area contributed by atoms with Gasteiger partial charge in [0.1, 0.15) is 0 Å². The van der Waals surface area contributed by atoms with Crippen molar-refractivity contribution < 1.29 is 22.8 Å². The van der Waals surface area contributed by atoms with Crippen molar-refractivity contribution in [3.63, 3.8) is 0 Å². The fourth-order valence-electron chi connectivity index (χ4n) is 2.26. The zero-order valence-electron chi connectivity index (χ0n) is 14.4. The van der Waals surface area contributed by atoms with Gasteiger partial charge in [-0.15, -0.1) is 0 Å². The number of rotatable bonds is 7. The van der Waals surface area contributed by atoms with Gasteiger partial charge in [-0.1, -0.05) is 23.7 Å². The summed E-state index contributed by atoms with van der Waals surface area (Å²) in [7, 11) is 1.51. The molecule has 0 radical (unpaired) electrons. The van der Waals surface area contributed by atoms with Crippen LogP contribution in [0.1, 0.15) is 5.56 Å². The fraction of sp³-hybridized carbons (Fsp3) is 0.222. The van der Waals surface area contributed by atoms with Gasteiger partial charge in [-0.2, -0.15) is 0 Å². The number of hydrogen-bond donors (Lipinski definition) is 2. The van der Waals surface area contributed by atoms with Crippen LogP contribution in [0.3, 0.4) is 0 Å². The summed E-state index contributed by atoms with van der Waals surface area (Å²) in [4.78, 5) is 25.2. The Labute approximate surface area is 159 Å². The third-order valence-electron chi connectivity index (χ3n) is 3.52. The Morgan fingerprint density at radius 2 is 1.74 bits per heavy atom. The van der Waals surface area contributed by atoms with Crippen molar-refractivity contribution in [1.29, 1.82) is 0 Å². The lowest BCUT2D eigenvalue weighted by molar-refractivity contribution is -0.123. The van der Waals surface area contributed by atoms with Crippen molar-refractivity contribution in [3.05, 3.63) is 64.4 Å². The van der Waals surface area contributed by atoms with Crippen LogP contribution in [0.4, 0.5) is 18.9 Å². The minimum Gasteiger partial charge on any atom is -0.351 e. The maximum atomic E-state index is 13.5. The standard InChI is InChI=1S/C18H17ClF3N3O2/c1-25(9-15(26)23-8-11-3-2-4-12(19)7-11)10-16(27)24-14-6-5-13(20)17(21)18(14)22/h2-7H,8-10H2,1H3,(H,23,26)(H,24,27). The molecule has 0 atom stereocenters. The van der Waals surface area contributed by atoms with E-state index in [1.54, 1.807) is 24.3 Å². The SMILES string of the molecule is CN(CC(=O)NCc1cccc(Cl)c1)CC(=O)Nc1ccc(F)c(F)c1F. The molecule has 0 aliphatic carbocycles. The Bertz CT molecular complexity index is 849. The van der Waals surface area contributed by atoms with E-state index in [1.165, 1.54) is 11.9 Å². The Hall–Kier alpha value is -2.58. The number of benzene rings is 2. The van der Waals surface area contributed by atoms with Gasteiger partial charge in [-0.3, -0.25) is 14.5 Å². The van der Waals surface area contributed by atoms with Crippen LogP contribution in [-0.4, -0.2) is 36.9 Å². The van der Waals surface area contributed by atoms with Crippen LogP contribution in [0.25, 0.3) is 0 Å². The number of nitrogens with zero attached hydrogens (tertiary/aromatic N) is 1. The second-order valence-corrected chi connectivity index (χ2v) is 6.29. The average molecular weight is 400 g/mol. The van der Waals surface area contributed by atoms with Gasteiger partial charge in [-0.25, -0.2) is 13.2 Å². The van der Waals surface area contributed by atoms with Gasteiger partial charge in [0.15, 0.2) is 17.5 Å². The molecular weight excluding hydrogens is 383 g/mol. The Kier molecular flexibility index (Phi) is 7.20. The Balaban J connectivity index is 1.80. The highest BCUT2D eigenvalue weighted by Gasteiger charge is 2.16. The van der Waals surface area contributed by atoms with E-state index < -0.39 is 29.0 Å². The zero-order chi connectivity index (χ0) is 20.0. The van der Waals surface area contributed by atoms with E-state index in [-0.39, 0.29) is 25.5 Å². The molecule has 9 heteroatoms. The molecule has 2 aromatic rings. The van der Waals surface area contributed by atoms with Crippen molar-refractivity contribution >= 4 is 29.1 Å². The van der Waals surface area contributed by atoms with Crippen LogP contribution < -0.4 is 10.6 Å². The number of likely N-dealkylation sites (N-methyl/N-ethyl adjacent to an activating group) is 1. The van der Waals surface area contributed by atoms with Gasteiger partial charge in [0.25, 0.3) is 0 Å². The van der Waals surface area contributed by atoms with E-state index in [2.05, 4.69) is 10.6 Å². The number of anilines is 1. The van der Waals surface area contributed by atoms with Crippen LogP contribution in [-0.2, 0) is 16.1 Å². The number of hydrogen-bond acceptors (Lipinski definition) is 3. The molecule has 5 nitrogen and oxygen atoms in total. The summed E-state index contributed by atoms with van der Waals surface area (Å²) in [5.74, 6) is -5.50. The summed E-state index contributed by atoms with van der Waals surface area (Å²) in [6.07, 6.45) is 0. The van der Waals surface area contributed by atoms with Crippen LogP contribution in [0, 0.1) is 17.5 Å². The normalized spacial score (nSPS) is 10.7. The molecule has 2 rings (SSSR count). The average Bonchev–Trinajstić information content (AvgIpc) is 2.60. The monoisotopic (exact) mass is 399 g/mol. The molecule has 27 heavy (non-hydrogen) atoms. The van der Waals surface area contributed by atoms with Crippen molar-refractivity contribution in [2.75, 3.05) is 25.5 Å². The van der Waals surface area contributed by atoms with Crippen LogP contribution in [0.5, 0.6) is 0 Å². The summed E-state index contributed by atoms with van der Waals surface area (Å²) in [6, 6.07) is 8.63. The van der Waals surface area contributed by atoms with Gasteiger partial charge in [0, 0.05) is 11.6 Å². The number of amides is 2. The molecule has 2 amide bonds. The zero-order valence-corrected chi connectivity index (χ0v) is 15.1. The van der Waals surface area contributed by atoms with Crippen molar-refractivity contribution in [1.82, 2.24) is 10.2 Å².